The molecule has 0 bridgehead atoms. The average molecular weight is 473 g/mol. The summed E-state index contributed by atoms with van der Waals surface area (Å²) in [6, 6.07) is 4.69. The molecule has 3 rings (SSSR count). The molecule has 33 heavy (non-hydrogen) atoms. The van der Waals surface area contributed by atoms with Crippen LogP contribution in [0.15, 0.2) is 36.4 Å². The third kappa shape index (κ3) is 7.06. The molecular weight excluding hydrogens is 441 g/mol. The van der Waals surface area contributed by atoms with Crippen LogP contribution in [0.5, 0.6) is 5.75 Å². The largest absolute Gasteiger partial charge is 0.497 e. The number of fused-ring (bicyclic) bond motifs is 2. The van der Waals surface area contributed by atoms with Gasteiger partial charge in [0.05, 0.1) is 24.9 Å². The maximum atomic E-state index is 13.7. The first kappa shape index (κ1) is 26.9. The maximum Gasteiger partial charge on any atom is 0.398 e. The third-order valence-corrected chi connectivity index (χ3v) is 5.32. The molecule has 0 aliphatic carbocycles. The fourth-order valence-corrected chi connectivity index (χ4v) is 3.83. The van der Waals surface area contributed by atoms with E-state index in [0.717, 1.165) is 13.2 Å². The third-order valence-electron chi connectivity index (χ3n) is 5.32. The molecule has 2 heterocycles. The highest BCUT2D eigenvalue weighted by atomic mass is 19.4. The first-order valence-electron chi connectivity index (χ1n) is 10.6. The van der Waals surface area contributed by atoms with E-state index in [1.807, 2.05) is 6.08 Å². The van der Waals surface area contributed by atoms with Crippen LogP contribution in [0.25, 0.3) is 6.08 Å². The molecule has 4 atom stereocenters. The van der Waals surface area contributed by atoms with Crippen molar-refractivity contribution in [3.05, 3.63) is 47.6 Å². The van der Waals surface area contributed by atoms with E-state index in [1.54, 1.807) is 32.1 Å². The molecule has 1 fully saturated rings. The lowest BCUT2D eigenvalue weighted by molar-refractivity contribution is -0.182. The number of carbonyl (C=O) groups is 1. The molecule has 2 aliphatic heterocycles. The highest BCUT2D eigenvalue weighted by Gasteiger charge is 2.44. The Balaban J connectivity index is 0.00000187. The van der Waals surface area contributed by atoms with Crippen molar-refractivity contribution in [2.75, 3.05) is 14.2 Å². The predicted octanol–water partition coefficient (Wildman–Crippen LogP) is 4.91. The van der Waals surface area contributed by atoms with Crippen LogP contribution < -0.4 is 4.74 Å². The number of hydrogen-bond acceptors (Lipinski definition) is 6. The number of aliphatic hydroxyl groups is 1. The van der Waals surface area contributed by atoms with Gasteiger partial charge in [-0.25, -0.2) is 4.79 Å². The SMILES string of the molecule is CO.COc1ccc2c(c1)/C=C/CC1OC(C)(C)OC1C/C=C\C(C(F)(F)F)C(C)OC2=O. The summed E-state index contributed by atoms with van der Waals surface area (Å²) >= 11 is 0. The second kappa shape index (κ2) is 11.2. The molecule has 0 radical (unpaired) electrons. The Morgan fingerprint density at radius 3 is 2.27 bits per heavy atom. The van der Waals surface area contributed by atoms with Crippen molar-refractivity contribution in [1.82, 2.24) is 0 Å². The number of halogens is 3. The summed E-state index contributed by atoms with van der Waals surface area (Å²) in [5, 5.41) is 7.00. The molecule has 0 aromatic heterocycles. The normalized spacial score (nSPS) is 29.3. The molecule has 1 saturated heterocycles. The molecule has 1 aromatic carbocycles. The van der Waals surface area contributed by atoms with Gasteiger partial charge in [0.15, 0.2) is 5.79 Å². The molecule has 1 N–H and O–H groups in total. The zero-order valence-corrected chi connectivity index (χ0v) is 19.4. The second-order valence-corrected chi connectivity index (χ2v) is 8.15. The van der Waals surface area contributed by atoms with Crippen LogP contribution in [-0.2, 0) is 14.2 Å². The first-order chi connectivity index (χ1) is 15.5. The van der Waals surface area contributed by atoms with Gasteiger partial charge in [-0.15, -0.1) is 0 Å². The lowest BCUT2D eigenvalue weighted by atomic mass is 9.99. The van der Waals surface area contributed by atoms with Crippen molar-refractivity contribution in [3.63, 3.8) is 0 Å². The molecular formula is C24H31F3O6. The van der Waals surface area contributed by atoms with Gasteiger partial charge in [-0.05, 0) is 57.4 Å². The van der Waals surface area contributed by atoms with E-state index in [9.17, 15) is 18.0 Å². The molecule has 2 aliphatic rings. The van der Waals surface area contributed by atoms with E-state index < -0.39 is 36.1 Å². The van der Waals surface area contributed by atoms with Crippen LogP contribution >= 0.6 is 0 Å². The minimum absolute atomic E-state index is 0.159. The summed E-state index contributed by atoms with van der Waals surface area (Å²) in [5.74, 6) is -3.08. The molecule has 184 valence electrons. The summed E-state index contributed by atoms with van der Waals surface area (Å²) in [4.78, 5) is 12.7. The van der Waals surface area contributed by atoms with E-state index in [1.165, 1.54) is 26.2 Å². The minimum atomic E-state index is -4.57. The second-order valence-electron chi connectivity index (χ2n) is 8.15. The fourth-order valence-electron chi connectivity index (χ4n) is 3.83. The number of carbonyl (C=O) groups excluding carboxylic acids is 1. The van der Waals surface area contributed by atoms with Crippen molar-refractivity contribution >= 4 is 12.0 Å². The van der Waals surface area contributed by atoms with Crippen LogP contribution in [0.1, 0.15) is 49.5 Å². The summed E-state index contributed by atoms with van der Waals surface area (Å²) in [7, 11) is 2.49. The number of benzene rings is 1. The number of alkyl halides is 3. The smallest absolute Gasteiger partial charge is 0.398 e. The zero-order valence-electron chi connectivity index (χ0n) is 19.4. The van der Waals surface area contributed by atoms with Gasteiger partial charge >= 0.3 is 12.1 Å². The van der Waals surface area contributed by atoms with Crippen molar-refractivity contribution < 1.29 is 42.0 Å². The quantitative estimate of drug-likeness (QED) is 0.463. The van der Waals surface area contributed by atoms with Gasteiger partial charge in [-0.3, -0.25) is 0 Å². The average Bonchev–Trinajstić information content (AvgIpc) is 3.04. The topological polar surface area (TPSA) is 74.2 Å². The van der Waals surface area contributed by atoms with Crippen molar-refractivity contribution in [3.8, 4) is 5.75 Å². The van der Waals surface area contributed by atoms with Gasteiger partial charge in [-0.1, -0.05) is 24.3 Å². The Kier molecular flexibility index (Phi) is 9.11. The fraction of sp³-hybridized carbons (Fsp3) is 0.542. The standard InChI is InChI=1S/C23H27F3O5.CH4O/c1-14-18(23(24,25)26)8-6-10-20-19(30-22(2,3)31-20)9-5-7-15-13-16(28-4)11-12-17(15)21(27)29-14;1-2/h5-8,11-14,18-20H,9-10H2,1-4H3;2H,1H3/b7-5+,8-6-;. The van der Waals surface area contributed by atoms with Gasteiger partial charge in [0.2, 0.25) is 0 Å². The maximum absolute atomic E-state index is 13.7. The molecule has 0 spiro atoms. The molecule has 9 heteroatoms. The summed E-state index contributed by atoms with van der Waals surface area (Å²) in [6.07, 6.45) is 0.0625. The van der Waals surface area contributed by atoms with Gasteiger partial charge < -0.3 is 24.1 Å². The Hall–Kier alpha value is -2.36. The van der Waals surface area contributed by atoms with E-state index in [2.05, 4.69) is 0 Å². The van der Waals surface area contributed by atoms with Crippen LogP contribution in [-0.4, -0.2) is 55.6 Å². The Labute approximate surface area is 192 Å². The van der Waals surface area contributed by atoms with Crippen LogP contribution in [0.2, 0.25) is 0 Å². The minimum Gasteiger partial charge on any atom is -0.497 e. The summed E-state index contributed by atoms with van der Waals surface area (Å²) in [5.41, 5.74) is 0.647. The number of cyclic esters (lactones) is 1. The van der Waals surface area contributed by atoms with Crippen molar-refractivity contribution in [1.29, 1.82) is 0 Å². The van der Waals surface area contributed by atoms with Gasteiger partial charge in [0.25, 0.3) is 0 Å². The number of ether oxygens (including phenoxy) is 4. The van der Waals surface area contributed by atoms with Crippen molar-refractivity contribution in [2.45, 2.75) is 63.9 Å². The predicted molar refractivity (Wildman–Crippen MR) is 117 cm³/mol. The molecule has 4 unspecified atom stereocenters. The number of rotatable bonds is 1. The van der Waals surface area contributed by atoms with Gasteiger partial charge in [0.1, 0.15) is 17.8 Å². The Bertz CT molecular complexity index is 862. The van der Waals surface area contributed by atoms with E-state index >= 15 is 0 Å². The number of methoxy groups -OCH3 is 1. The van der Waals surface area contributed by atoms with E-state index in [-0.39, 0.29) is 18.1 Å². The lowest BCUT2D eigenvalue weighted by Crippen LogP contribution is -2.34. The van der Waals surface area contributed by atoms with Crippen LogP contribution in [0.4, 0.5) is 13.2 Å². The summed E-state index contributed by atoms with van der Waals surface area (Å²) < 4.78 is 63.2. The van der Waals surface area contributed by atoms with E-state index in [4.69, 9.17) is 24.1 Å². The van der Waals surface area contributed by atoms with Crippen molar-refractivity contribution in [2.24, 2.45) is 5.92 Å². The van der Waals surface area contributed by atoms with Gasteiger partial charge in [-0.2, -0.15) is 13.2 Å². The van der Waals surface area contributed by atoms with Gasteiger partial charge in [0, 0.05) is 7.11 Å². The Morgan fingerprint density at radius 1 is 1.09 bits per heavy atom. The lowest BCUT2D eigenvalue weighted by Gasteiger charge is -2.24. The highest BCUT2D eigenvalue weighted by molar-refractivity contribution is 5.94. The monoisotopic (exact) mass is 472 g/mol. The van der Waals surface area contributed by atoms with Crippen LogP contribution in [0, 0.1) is 5.92 Å². The number of esters is 1. The Morgan fingerprint density at radius 2 is 1.70 bits per heavy atom. The zero-order chi connectivity index (χ0) is 24.8. The molecule has 1 aromatic rings. The summed E-state index contributed by atoms with van der Waals surface area (Å²) in [6.45, 7) is 4.79. The van der Waals surface area contributed by atoms with E-state index in [0.29, 0.717) is 17.7 Å². The molecule has 0 saturated carbocycles. The number of hydrogen-bond donors (Lipinski definition) is 1. The highest BCUT2D eigenvalue weighted by Crippen LogP contribution is 2.35. The molecule has 6 nitrogen and oxygen atoms in total. The van der Waals surface area contributed by atoms with Crippen LogP contribution in [0.3, 0.4) is 0 Å². The number of aliphatic hydroxyl groups excluding tert-OH is 1. The first-order valence-corrected chi connectivity index (χ1v) is 10.6. The molecule has 0 amide bonds.